The summed E-state index contributed by atoms with van der Waals surface area (Å²) in [6.45, 7) is 3.03. The highest BCUT2D eigenvalue weighted by atomic mass is 35.5. The Labute approximate surface area is 159 Å². The largest absolute Gasteiger partial charge is 0.484 e. The maximum absolute atomic E-state index is 12.4. The van der Waals surface area contributed by atoms with E-state index in [1.807, 2.05) is 0 Å². The third-order valence-electron chi connectivity index (χ3n) is 3.74. The Bertz CT molecular complexity index is 794. The Morgan fingerprint density at radius 2 is 2.12 bits per heavy atom. The lowest BCUT2D eigenvalue weighted by Crippen LogP contribution is -2.38. The molecule has 0 fully saturated rings. The molecule has 0 unspecified atom stereocenters. The van der Waals surface area contributed by atoms with Gasteiger partial charge in [0.1, 0.15) is 5.75 Å². The van der Waals surface area contributed by atoms with Gasteiger partial charge in [0, 0.05) is 22.9 Å². The van der Waals surface area contributed by atoms with Crippen LogP contribution >= 0.6 is 22.9 Å². The summed E-state index contributed by atoms with van der Waals surface area (Å²) in [6, 6.07) is 6.87. The second-order valence-electron chi connectivity index (χ2n) is 5.54. The molecule has 1 aliphatic rings. The quantitative estimate of drug-likeness (QED) is 0.839. The van der Waals surface area contributed by atoms with Gasteiger partial charge in [-0.15, -0.1) is 0 Å². The number of fused-ring (bicyclic) bond motifs is 1. The number of hydrogen-bond acceptors (Lipinski definition) is 6. The molecule has 9 heteroatoms. The van der Waals surface area contributed by atoms with Gasteiger partial charge in [0.15, 0.2) is 11.7 Å². The third-order valence-corrected chi connectivity index (χ3v) is 4.99. The maximum Gasteiger partial charge on any atom is 0.413 e. The number of ether oxygens (including phenoxy) is 2. The lowest BCUT2D eigenvalue weighted by molar-refractivity contribution is -0.134. The van der Waals surface area contributed by atoms with Crippen molar-refractivity contribution >= 4 is 40.1 Å². The van der Waals surface area contributed by atoms with Crippen LogP contribution in [0.25, 0.3) is 0 Å². The van der Waals surface area contributed by atoms with Gasteiger partial charge in [-0.1, -0.05) is 22.9 Å². The van der Waals surface area contributed by atoms with Gasteiger partial charge in [-0.2, -0.15) is 0 Å². The molecule has 0 bridgehead atoms. The molecule has 2 aromatic rings. The molecule has 1 aromatic heterocycles. The molecular formula is C17H18ClN3O4S. The molecule has 1 aliphatic heterocycles. The molecule has 138 valence electrons. The van der Waals surface area contributed by atoms with E-state index in [-0.39, 0.29) is 12.5 Å². The average Bonchev–Trinajstić information content (AvgIpc) is 3.02. The third kappa shape index (κ3) is 4.64. The van der Waals surface area contributed by atoms with Crippen LogP contribution in [0.2, 0.25) is 5.02 Å². The fraction of sp³-hybridized carbons (Fsp3) is 0.353. The van der Waals surface area contributed by atoms with Crippen molar-refractivity contribution < 1.29 is 19.1 Å². The highest BCUT2D eigenvalue weighted by molar-refractivity contribution is 7.15. The van der Waals surface area contributed by atoms with Crippen LogP contribution in [0, 0.1) is 0 Å². The molecule has 0 spiro atoms. The van der Waals surface area contributed by atoms with Gasteiger partial charge in [0.25, 0.3) is 5.91 Å². The fourth-order valence-electron chi connectivity index (χ4n) is 2.48. The van der Waals surface area contributed by atoms with E-state index < -0.39 is 6.09 Å². The van der Waals surface area contributed by atoms with Crippen LogP contribution in [0.4, 0.5) is 9.93 Å². The zero-order valence-corrected chi connectivity index (χ0v) is 15.7. The van der Waals surface area contributed by atoms with Gasteiger partial charge in [-0.05, 0) is 31.2 Å². The zero-order valence-electron chi connectivity index (χ0n) is 14.2. The van der Waals surface area contributed by atoms with Crippen LogP contribution < -0.4 is 10.1 Å². The van der Waals surface area contributed by atoms with E-state index >= 15 is 0 Å². The number of rotatable bonds is 5. The lowest BCUT2D eigenvalue weighted by Gasteiger charge is -2.26. The number of nitrogens with one attached hydrogen (secondary N) is 1. The smallest absolute Gasteiger partial charge is 0.413 e. The minimum atomic E-state index is -0.525. The van der Waals surface area contributed by atoms with E-state index in [4.69, 9.17) is 21.1 Å². The highest BCUT2D eigenvalue weighted by Gasteiger charge is 2.25. The average molecular weight is 396 g/mol. The number of halogens is 1. The molecule has 1 aromatic carbocycles. The monoisotopic (exact) mass is 395 g/mol. The van der Waals surface area contributed by atoms with Crippen molar-refractivity contribution in [3.05, 3.63) is 39.9 Å². The Morgan fingerprint density at radius 3 is 2.85 bits per heavy atom. The normalized spacial score (nSPS) is 13.1. The van der Waals surface area contributed by atoms with Crippen molar-refractivity contribution in [1.82, 2.24) is 9.88 Å². The van der Waals surface area contributed by atoms with Crippen LogP contribution in [-0.4, -0.2) is 41.6 Å². The topological polar surface area (TPSA) is 80.8 Å². The fourth-order valence-corrected chi connectivity index (χ4v) is 3.62. The first kappa shape index (κ1) is 18.5. The Hall–Kier alpha value is -2.32. The summed E-state index contributed by atoms with van der Waals surface area (Å²) in [5.74, 6) is 0.498. The van der Waals surface area contributed by atoms with E-state index in [2.05, 4.69) is 10.3 Å². The molecule has 0 saturated heterocycles. The van der Waals surface area contributed by atoms with Gasteiger partial charge < -0.3 is 14.4 Å². The van der Waals surface area contributed by atoms with Crippen LogP contribution in [0.1, 0.15) is 17.5 Å². The van der Waals surface area contributed by atoms with Crippen molar-refractivity contribution in [1.29, 1.82) is 0 Å². The summed E-state index contributed by atoms with van der Waals surface area (Å²) in [5, 5.41) is 3.70. The highest BCUT2D eigenvalue weighted by Crippen LogP contribution is 2.28. The lowest BCUT2D eigenvalue weighted by atomic mass is 10.2. The number of benzene rings is 1. The molecule has 7 nitrogen and oxygen atoms in total. The van der Waals surface area contributed by atoms with E-state index in [9.17, 15) is 9.59 Å². The van der Waals surface area contributed by atoms with E-state index in [0.29, 0.717) is 42.0 Å². The first-order chi connectivity index (χ1) is 12.5. The summed E-state index contributed by atoms with van der Waals surface area (Å²) in [6.07, 6.45) is 0.117. The summed E-state index contributed by atoms with van der Waals surface area (Å²) >= 11 is 7.18. The molecule has 0 aliphatic carbocycles. The van der Waals surface area contributed by atoms with Crippen molar-refractivity contribution in [3.63, 3.8) is 0 Å². The predicted octanol–water partition coefficient (Wildman–Crippen LogP) is 3.33. The van der Waals surface area contributed by atoms with Crippen molar-refractivity contribution in [2.24, 2.45) is 0 Å². The number of hydrogen-bond donors (Lipinski definition) is 1. The molecular weight excluding hydrogens is 378 g/mol. The summed E-state index contributed by atoms with van der Waals surface area (Å²) in [7, 11) is 0. The molecule has 26 heavy (non-hydrogen) atoms. The number of aromatic nitrogens is 1. The number of nitrogens with zero attached hydrogens (tertiary/aromatic N) is 2. The summed E-state index contributed by atoms with van der Waals surface area (Å²) in [4.78, 5) is 31.0. The Balaban J connectivity index is 1.55. The molecule has 0 saturated carbocycles. The predicted molar refractivity (Wildman–Crippen MR) is 98.8 cm³/mol. The van der Waals surface area contributed by atoms with Gasteiger partial charge in [-0.3, -0.25) is 10.1 Å². The van der Waals surface area contributed by atoms with Crippen LogP contribution in [-0.2, 0) is 22.5 Å². The first-order valence-electron chi connectivity index (χ1n) is 8.13. The maximum atomic E-state index is 12.4. The second kappa shape index (κ2) is 8.37. The van der Waals surface area contributed by atoms with Crippen LogP contribution in [0.3, 0.4) is 0 Å². The number of amides is 2. The number of carbonyl (C=O) groups excluding carboxylic acids is 2. The molecule has 0 radical (unpaired) electrons. The molecule has 3 rings (SSSR count). The van der Waals surface area contributed by atoms with Gasteiger partial charge >= 0.3 is 6.09 Å². The van der Waals surface area contributed by atoms with Crippen LogP contribution in [0.5, 0.6) is 5.75 Å². The minimum absolute atomic E-state index is 0.0380. The number of thiazole rings is 1. The van der Waals surface area contributed by atoms with Crippen LogP contribution in [0.15, 0.2) is 24.3 Å². The molecule has 0 atom stereocenters. The Morgan fingerprint density at radius 1 is 1.35 bits per heavy atom. The van der Waals surface area contributed by atoms with Gasteiger partial charge in [0.2, 0.25) is 0 Å². The molecule has 2 amide bonds. The zero-order chi connectivity index (χ0) is 18.5. The van der Waals surface area contributed by atoms with Gasteiger partial charge in [0.05, 0.1) is 18.8 Å². The minimum Gasteiger partial charge on any atom is -0.484 e. The molecule has 1 N–H and O–H groups in total. The van der Waals surface area contributed by atoms with Crippen molar-refractivity contribution in [3.8, 4) is 5.75 Å². The SMILES string of the molecule is CCOC(=O)Nc1nc2c(s1)CN(C(=O)COc1ccc(Cl)cc1)CC2. The van der Waals surface area contributed by atoms with E-state index in [0.717, 1.165) is 10.6 Å². The molecule has 2 heterocycles. The van der Waals surface area contributed by atoms with E-state index in [1.165, 1.54) is 11.3 Å². The van der Waals surface area contributed by atoms with E-state index in [1.54, 1.807) is 36.1 Å². The Kier molecular flexibility index (Phi) is 5.95. The summed E-state index contributed by atoms with van der Waals surface area (Å²) in [5.41, 5.74) is 0.907. The second-order valence-corrected chi connectivity index (χ2v) is 7.06. The summed E-state index contributed by atoms with van der Waals surface area (Å²) < 4.78 is 10.4. The first-order valence-corrected chi connectivity index (χ1v) is 9.33. The number of anilines is 1. The number of carbonyl (C=O) groups is 2. The van der Waals surface area contributed by atoms with Crippen molar-refractivity contribution in [2.45, 2.75) is 19.9 Å². The standard InChI is InChI=1S/C17H18ClN3O4S/c1-2-24-17(23)20-16-19-13-7-8-21(9-14(13)26-16)15(22)10-25-12-5-3-11(18)4-6-12/h3-6H,2,7-10H2,1H3,(H,19,20,23). The van der Waals surface area contributed by atoms with Crippen molar-refractivity contribution in [2.75, 3.05) is 25.1 Å². The van der Waals surface area contributed by atoms with Gasteiger partial charge in [-0.25, -0.2) is 9.78 Å².